The highest BCUT2D eigenvalue weighted by Gasteiger charge is 2.21. The van der Waals surface area contributed by atoms with Crippen molar-refractivity contribution in [3.8, 4) is 11.5 Å². The van der Waals surface area contributed by atoms with Crippen LogP contribution in [-0.4, -0.2) is 52.3 Å². The molecule has 3 atom stereocenters. The van der Waals surface area contributed by atoms with Crippen LogP contribution in [0.2, 0.25) is 0 Å². The largest absolute Gasteiger partial charge is 0.508 e. The molecule has 10 nitrogen and oxygen atoms in total. The molecule has 35 heavy (non-hydrogen) atoms. The standard InChI is InChI=1S/C24H33N3O7S/c25-24(26)27-23(5-2-16-28)34-20-13-6-17(7-14-20)8-15-21(35(31,32)33)3-1-4-22(30)18-9-11-19(29)12-10-18/h1,4,6-7,9-14,21-23,28-30H,2-3,5,8,15-16H2,(H4,25,26,27)(H,31,32,33)/b4-1+/t21-,22+,23-/m0/s1. The lowest BCUT2D eigenvalue weighted by Gasteiger charge is -2.16. The topological polar surface area (TPSA) is 189 Å². The van der Waals surface area contributed by atoms with Crippen LogP contribution in [-0.2, 0) is 16.5 Å². The number of benzene rings is 2. The molecule has 0 aromatic heterocycles. The Kier molecular flexibility index (Phi) is 11.0. The lowest BCUT2D eigenvalue weighted by atomic mass is 10.1. The first-order chi connectivity index (χ1) is 16.6. The monoisotopic (exact) mass is 507 g/mol. The zero-order valence-corrected chi connectivity index (χ0v) is 20.1. The van der Waals surface area contributed by atoms with Gasteiger partial charge in [-0.05, 0) is 61.1 Å². The lowest BCUT2D eigenvalue weighted by molar-refractivity contribution is 0.180. The predicted molar refractivity (Wildman–Crippen MR) is 133 cm³/mol. The summed E-state index contributed by atoms with van der Waals surface area (Å²) < 4.78 is 39.1. The molecule has 0 aliphatic rings. The lowest BCUT2D eigenvalue weighted by Crippen LogP contribution is -2.27. The highest BCUT2D eigenvalue weighted by Crippen LogP contribution is 2.21. The normalized spacial score (nSPS) is 14.4. The van der Waals surface area contributed by atoms with Gasteiger partial charge in [-0.1, -0.05) is 36.4 Å². The molecule has 0 saturated carbocycles. The first-order valence-corrected chi connectivity index (χ1v) is 12.6. The van der Waals surface area contributed by atoms with E-state index in [0.29, 0.717) is 30.6 Å². The van der Waals surface area contributed by atoms with E-state index in [-0.39, 0.29) is 31.2 Å². The molecule has 0 aliphatic heterocycles. The predicted octanol–water partition coefficient (Wildman–Crippen LogP) is 2.01. The van der Waals surface area contributed by atoms with E-state index >= 15 is 0 Å². The molecule has 0 bridgehead atoms. The fourth-order valence-corrected chi connectivity index (χ4v) is 4.10. The summed E-state index contributed by atoms with van der Waals surface area (Å²) in [5.74, 6) is 0.468. The quantitative estimate of drug-likeness (QED) is 0.0961. The van der Waals surface area contributed by atoms with Gasteiger partial charge in [0, 0.05) is 13.0 Å². The van der Waals surface area contributed by atoms with Crippen LogP contribution in [0.15, 0.2) is 65.7 Å². The molecule has 0 saturated heterocycles. The molecule has 2 rings (SSSR count). The van der Waals surface area contributed by atoms with E-state index < -0.39 is 27.7 Å². The van der Waals surface area contributed by atoms with Crippen molar-refractivity contribution >= 4 is 16.1 Å². The smallest absolute Gasteiger partial charge is 0.268 e. The number of nitrogens with zero attached hydrogens (tertiary/aromatic N) is 1. The molecule has 0 aliphatic carbocycles. The Hall–Kier alpha value is -3.12. The zero-order chi connectivity index (χ0) is 25.8. The third-order valence-corrected chi connectivity index (χ3v) is 6.50. The molecule has 0 heterocycles. The minimum atomic E-state index is -4.30. The number of guanidine groups is 1. The maximum atomic E-state index is 11.8. The Morgan fingerprint density at radius 3 is 2.29 bits per heavy atom. The Labute approximate surface area is 205 Å². The average Bonchev–Trinajstić information content (AvgIpc) is 2.79. The maximum Gasteiger partial charge on any atom is 0.268 e. The summed E-state index contributed by atoms with van der Waals surface area (Å²) >= 11 is 0. The van der Waals surface area contributed by atoms with Gasteiger partial charge in [-0.3, -0.25) is 4.55 Å². The molecule has 8 N–H and O–H groups in total. The van der Waals surface area contributed by atoms with Gasteiger partial charge < -0.3 is 31.5 Å². The Morgan fingerprint density at radius 1 is 1.06 bits per heavy atom. The van der Waals surface area contributed by atoms with Crippen LogP contribution < -0.4 is 16.2 Å². The van der Waals surface area contributed by atoms with E-state index in [1.54, 1.807) is 36.4 Å². The van der Waals surface area contributed by atoms with Crippen molar-refractivity contribution in [3.63, 3.8) is 0 Å². The zero-order valence-electron chi connectivity index (χ0n) is 19.3. The second kappa shape index (κ2) is 13.7. The summed E-state index contributed by atoms with van der Waals surface area (Å²) in [7, 11) is -4.30. The number of hydrogen-bond donors (Lipinski definition) is 6. The summed E-state index contributed by atoms with van der Waals surface area (Å²) in [4.78, 5) is 3.99. The number of aliphatic hydroxyl groups excluding tert-OH is 2. The highest BCUT2D eigenvalue weighted by molar-refractivity contribution is 7.86. The Bertz CT molecular complexity index is 1070. The van der Waals surface area contributed by atoms with Crippen LogP contribution in [0.5, 0.6) is 11.5 Å². The molecule has 192 valence electrons. The van der Waals surface area contributed by atoms with Crippen molar-refractivity contribution in [2.75, 3.05) is 6.61 Å². The van der Waals surface area contributed by atoms with Gasteiger partial charge in [-0.15, -0.1) is 0 Å². The minimum absolute atomic E-state index is 0.0152. The molecule has 0 spiro atoms. The van der Waals surface area contributed by atoms with E-state index in [1.807, 2.05) is 0 Å². The van der Waals surface area contributed by atoms with E-state index in [2.05, 4.69) is 4.99 Å². The minimum Gasteiger partial charge on any atom is -0.508 e. The number of rotatable bonds is 14. The number of aliphatic hydroxyl groups is 2. The van der Waals surface area contributed by atoms with Crippen LogP contribution in [0.1, 0.15) is 42.9 Å². The van der Waals surface area contributed by atoms with Gasteiger partial charge in [0.2, 0.25) is 0 Å². The molecule has 0 amide bonds. The first kappa shape index (κ1) is 28.1. The van der Waals surface area contributed by atoms with Crippen molar-refractivity contribution in [2.24, 2.45) is 16.5 Å². The summed E-state index contributed by atoms with van der Waals surface area (Å²) in [6, 6.07) is 13.0. The molecule has 11 heteroatoms. The molecule has 2 aromatic carbocycles. The van der Waals surface area contributed by atoms with Crippen molar-refractivity contribution in [1.82, 2.24) is 0 Å². The number of phenolic OH excluding ortho intramolecular Hbond substituents is 1. The van der Waals surface area contributed by atoms with Crippen LogP contribution in [0, 0.1) is 0 Å². The van der Waals surface area contributed by atoms with Gasteiger partial charge in [0.15, 0.2) is 12.2 Å². The van der Waals surface area contributed by atoms with Gasteiger partial charge in [0.1, 0.15) is 11.5 Å². The fraction of sp³-hybridized carbons (Fsp3) is 0.375. The van der Waals surface area contributed by atoms with Gasteiger partial charge in [0.05, 0.1) is 11.4 Å². The summed E-state index contributed by atoms with van der Waals surface area (Å²) in [5, 5.41) is 27.5. The van der Waals surface area contributed by atoms with Crippen LogP contribution >= 0.6 is 0 Å². The van der Waals surface area contributed by atoms with Crippen LogP contribution in [0.4, 0.5) is 0 Å². The van der Waals surface area contributed by atoms with E-state index in [0.717, 1.165) is 5.56 Å². The second-order valence-electron chi connectivity index (χ2n) is 8.01. The third-order valence-electron chi connectivity index (χ3n) is 5.23. The molecule has 2 aromatic rings. The van der Waals surface area contributed by atoms with Gasteiger partial charge in [-0.2, -0.15) is 8.42 Å². The second-order valence-corrected chi connectivity index (χ2v) is 9.71. The van der Waals surface area contributed by atoms with E-state index in [1.165, 1.54) is 24.3 Å². The van der Waals surface area contributed by atoms with Gasteiger partial charge in [0.25, 0.3) is 10.1 Å². The molecular weight excluding hydrogens is 474 g/mol. The van der Waals surface area contributed by atoms with Crippen LogP contribution in [0.3, 0.4) is 0 Å². The molecule has 0 fully saturated rings. The SMILES string of the molecule is NC(N)=N[C@H](CCCO)Oc1ccc(CC[C@H](C/C=C/[C@@H](O)c2ccc(O)cc2)S(=O)(=O)O)cc1. The van der Waals surface area contributed by atoms with Gasteiger partial charge >= 0.3 is 0 Å². The summed E-state index contributed by atoms with van der Waals surface area (Å²) in [6.45, 7) is -0.0152. The third kappa shape index (κ3) is 10.4. The molecule has 0 radical (unpaired) electrons. The molecule has 0 unspecified atom stereocenters. The Morgan fingerprint density at radius 2 is 1.71 bits per heavy atom. The van der Waals surface area contributed by atoms with Crippen molar-refractivity contribution < 1.29 is 33.0 Å². The maximum absolute atomic E-state index is 11.8. The highest BCUT2D eigenvalue weighted by atomic mass is 32.2. The summed E-state index contributed by atoms with van der Waals surface area (Å²) in [6.07, 6.45) is 2.85. The number of aryl methyl sites for hydroxylation is 1. The van der Waals surface area contributed by atoms with Crippen molar-refractivity contribution in [1.29, 1.82) is 0 Å². The number of phenols is 1. The molecular formula is C24H33N3O7S. The van der Waals surface area contributed by atoms with Gasteiger partial charge in [-0.25, -0.2) is 4.99 Å². The van der Waals surface area contributed by atoms with Crippen molar-refractivity contribution in [3.05, 3.63) is 71.8 Å². The summed E-state index contributed by atoms with van der Waals surface area (Å²) in [5.41, 5.74) is 12.2. The fourth-order valence-electron chi connectivity index (χ4n) is 3.33. The number of aromatic hydroxyl groups is 1. The number of hydrogen-bond acceptors (Lipinski definition) is 7. The number of ether oxygens (including phenoxy) is 1. The van der Waals surface area contributed by atoms with Crippen LogP contribution in [0.25, 0.3) is 0 Å². The first-order valence-electron chi connectivity index (χ1n) is 11.1. The Balaban J connectivity index is 1.95. The number of allylic oxidation sites excluding steroid dienone is 1. The van der Waals surface area contributed by atoms with E-state index in [9.17, 15) is 23.2 Å². The van der Waals surface area contributed by atoms with E-state index in [4.69, 9.17) is 21.3 Å². The average molecular weight is 508 g/mol. The van der Waals surface area contributed by atoms with Crippen molar-refractivity contribution in [2.45, 2.75) is 49.7 Å². The number of nitrogens with two attached hydrogens (primary N) is 2. The number of aliphatic imine (C=N–C) groups is 1.